The molecule has 0 aromatic rings. The van der Waals surface area contributed by atoms with Crippen molar-refractivity contribution in [1.82, 2.24) is 21.3 Å². The summed E-state index contributed by atoms with van der Waals surface area (Å²) in [6, 6.07) is 3.09. The molecule has 0 spiro atoms. The van der Waals surface area contributed by atoms with Gasteiger partial charge in [0.05, 0.1) is 0 Å². The van der Waals surface area contributed by atoms with Crippen LogP contribution in [0, 0.1) is 23.7 Å². The van der Waals surface area contributed by atoms with Crippen LogP contribution in [0.5, 0.6) is 0 Å². The van der Waals surface area contributed by atoms with Gasteiger partial charge in [0.1, 0.15) is 0 Å². The molecular weight excluding hydrogens is 344 g/mol. The highest BCUT2D eigenvalue weighted by Crippen LogP contribution is 2.12. The zero-order valence-corrected chi connectivity index (χ0v) is 20.3. The van der Waals surface area contributed by atoms with E-state index in [1.165, 1.54) is 51.9 Å². The topological polar surface area (TPSA) is 48.1 Å². The zero-order chi connectivity index (χ0) is 21.1. The van der Waals surface area contributed by atoms with Crippen LogP contribution in [0.3, 0.4) is 0 Å². The third-order valence-electron chi connectivity index (χ3n) is 6.28. The van der Waals surface area contributed by atoms with Crippen LogP contribution in [0.25, 0.3) is 0 Å². The first kappa shape index (κ1) is 25.9. The Morgan fingerprint density at radius 3 is 0.571 bits per heavy atom. The average molecular weight is 397 g/mol. The SMILES string of the molecule is C[C@@H]1CN[C@@H](C)C1.C[C@@H]1CN[C@H](C)C1.C[C@H]1CN[C@@H](C)C1.C[C@H]1CN[C@H](C)C1. The van der Waals surface area contributed by atoms with E-state index in [0.717, 1.165) is 47.8 Å². The molecule has 4 saturated heterocycles. The lowest BCUT2D eigenvalue weighted by Crippen LogP contribution is -2.16. The van der Waals surface area contributed by atoms with E-state index in [1.54, 1.807) is 0 Å². The minimum Gasteiger partial charge on any atom is -0.314 e. The molecule has 4 aliphatic heterocycles. The van der Waals surface area contributed by atoms with Crippen LogP contribution >= 0.6 is 0 Å². The molecule has 0 aromatic heterocycles. The van der Waals surface area contributed by atoms with Gasteiger partial charge < -0.3 is 21.3 Å². The number of nitrogens with one attached hydrogen (secondary N) is 4. The van der Waals surface area contributed by atoms with Crippen molar-refractivity contribution in [2.24, 2.45) is 23.7 Å². The second kappa shape index (κ2) is 14.0. The highest BCUT2D eigenvalue weighted by molar-refractivity contribution is 4.76. The molecule has 168 valence electrons. The van der Waals surface area contributed by atoms with Gasteiger partial charge in [0.15, 0.2) is 0 Å². The fraction of sp³-hybridized carbons (Fsp3) is 1.00. The molecule has 4 fully saturated rings. The second-order valence-corrected chi connectivity index (χ2v) is 10.6. The molecule has 0 amide bonds. The van der Waals surface area contributed by atoms with Gasteiger partial charge in [0, 0.05) is 24.2 Å². The molecule has 0 bridgehead atoms. The minimum atomic E-state index is 0.773. The number of hydrogen-bond donors (Lipinski definition) is 4. The molecule has 0 aliphatic carbocycles. The lowest BCUT2D eigenvalue weighted by atomic mass is 10.1. The summed E-state index contributed by atoms with van der Waals surface area (Å²) < 4.78 is 0. The molecule has 4 heterocycles. The first-order valence-corrected chi connectivity index (χ1v) is 12.1. The van der Waals surface area contributed by atoms with Gasteiger partial charge in [-0.1, -0.05) is 27.7 Å². The van der Waals surface area contributed by atoms with Gasteiger partial charge in [-0.15, -0.1) is 0 Å². The first-order valence-electron chi connectivity index (χ1n) is 12.1. The zero-order valence-electron chi connectivity index (χ0n) is 20.3. The van der Waals surface area contributed by atoms with Crippen molar-refractivity contribution >= 4 is 0 Å². The average Bonchev–Trinajstić information content (AvgIpc) is 3.37. The predicted octanol–water partition coefficient (Wildman–Crippen LogP) is 4.02. The second-order valence-electron chi connectivity index (χ2n) is 10.6. The van der Waals surface area contributed by atoms with Crippen LogP contribution in [-0.2, 0) is 0 Å². The van der Waals surface area contributed by atoms with Gasteiger partial charge in [0.25, 0.3) is 0 Å². The largest absolute Gasteiger partial charge is 0.314 e. The van der Waals surface area contributed by atoms with E-state index in [9.17, 15) is 0 Å². The maximum absolute atomic E-state index is 3.37. The van der Waals surface area contributed by atoms with Crippen molar-refractivity contribution < 1.29 is 0 Å². The van der Waals surface area contributed by atoms with E-state index in [0.29, 0.717) is 0 Å². The smallest absolute Gasteiger partial charge is 0.00418 e. The summed E-state index contributed by atoms with van der Waals surface area (Å²) in [4.78, 5) is 0. The van der Waals surface area contributed by atoms with Gasteiger partial charge >= 0.3 is 0 Å². The molecule has 8 atom stereocenters. The Morgan fingerprint density at radius 2 is 0.536 bits per heavy atom. The monoisotopic (exact) mass is 396 g/mol. The van der Waals surface area contributed by atoms with E-state index in [1.807, 2.05) is 0 Å². The summed E-state index contributed by atoms with van der Waals surface area (Å²) >= 11 is 0. The molecule has 0 unspecified atom stereocenters. The predicted molar refractivity (Wildman–Crippen MR) is 125 cm³/mol. The molecule has 4 N–H and O–H groups in total. The third-order valence-corrected chi connectivity index (χ3v) is 6.28. The lowest BCUT2D eigenvalue weighted by molar-refractivity contribution is 0.622. The standard InChI is InChI=1S/4C6H13N/c4*1-5-3-6(2)7-4-5/h4*5-7H,3-4H2,1-2H3/t2*5-,6+;2*5-,6-/m1010/s1. The molecule has 4 aliphatic rings. The Balaban J connectivity index is 0.000000187. The molecule has 4 rings (SSSR count). The summed E-state index contributed by atoms with van der Waals surface area (Å²) in [5.41, 5.74) is 0. The summed E-state index contributed by atoms with van der Waals surface area (Å²) in [5, 5.41) is 13.5. The lowest BCUT2D eigenvalue weighted by Gasteiger charge is -1.96. The van der Waals surface area contributed by atoms with Crippen LogP contribution in [0.15, 0.2) is 0 Å². The number of hydrogen-bond acceptors (Lipinski definition) is 4. The third kappa shape index (κ3) is 12.4. The molecule has 4 nitrogen and oxygen atoms in total. The van der Waals surface area contributed by atoms with Crippen molar-refractivity contribution in [2.75, 3.05) is 26.2 Å². The first-order chi connectivity index (χ1) is 13.2. The molecule has 4 heteroatoms. The van der Waals surface area contributed by atoms with Gasteiger partial charge in [0.2, 0.25) is 0 Å². The maximum atomic E-state index is 3.37. The fourth-order valence-electron chi connectivity index (χ4n) is 4.69. The molecule has 28 heavy (non-hydrogen) atoms. The van der Waals surface area contributed by atoms with Crippen molar-refractivity contribution in [1.29, 1.82) is 0 Å². The summed E-state index contributed by atoms with van der Waals surface area (Å²) in [6.07, 6.45) is 5.44. The highest BCUT2D eigenvalue weighted by Gasteiger charge is 2.16. The fourth-order valence-corrected chi connectivity index (χ4v) is 4.69. The van der Waals surface area contributed by atoms with Crippen molar-refractivity contribution in [2.45, 2.75) is 105 Å². The van der Waals surface area contributed by atoms with E-state index in [-0.39, 0.29) is 0 Å². The Hall–Kier alpha value is -0.160. The van der Waals surface area contributed by atoms with Gasteiger partial charge in [-0.25, -0.2) is 0 Å². The summed E-state index contributed by atoms with van der Waals surface area (Å²) in [5.74, 6) is 3.65. The maximum Gasteiger partial charge on any atom is 0.00418 e. The molecule has 0 saturated carbocycles. The van der Waals surface area contributed by atoms with Crippen molar-refractivity contribution in [3.63, 3.8) is 0 Å². The Kier molecular flexibility index (Phi) is 12.9. The van der Waals surface area contributed by atoms with E-state index in [4.69, 9.17) is 0 Å². The molecular formula is C24H52N4. The van der Waals surface area contributed by atoms with Gasteiger partial charge in [-0.3, -0.25) is 0 Å². The molecule has 0 aromatic carbocycles. The van der Waals surface area contributed by atoms with Crippen LogP contribution in [0.1, 0.15) is 81.1 Å². The highest BCUT2D eigenvalue weighted by atomic mass is 14.9. The van der Waals surface area contributed by atoms with Gasteiger partial charge in [-0.2, -0.15) is 0 Å². The Morgan fingerprint density at radius 1 is 0.357 bits per heavy atom. The van der Waals surface area contributed by atoms with E-state index in [2.05, 4.69) is 76.7 Å². The van der Waals surface area contributed by atoms with Crippen molar-refractivity contribution in [3.05, 3.63) is 0 Å². The van der Waals surface area contributed by atoms with Crippen LogP contribution in [-0.4, -0.2) is 50.3 Å². The van der Waals surface area contributed by atoms with Crippen LogP contribution < -0.4 is 21.3 Å². The summed E-state index contributed by atoms with van der Waals surface area (Å²) in [7, 11) is 0. The quantitative estimate of drug-likeness (QED) is 0.499. The van der Waals surface area contributed by atoms with Crippen molar-refractivity contribution in [3.8, 4) is 0 Å². The van der Waals surface area contributed by atoms with E-state index >= 15 is 0 Å². The Bertz CT molecular complexity index is 285. The van der Waals surface area contributed by atoms with Gasteiger partial charge in [-0.05, 0) is 103 Å². The van der Waals surface area contributed by atoms with Crippen LogP contribution in [0.2, 0.25) is 0 Å². The Labute approximate surface area is 176 Å². The summed E-state index contributed by atoms with van der Waals surface area (Å²) in [6.45, 7) is 23.0. The van der Waals surface area contributed by atoms with Crippen LogP contribution in [0.4, 0.5) is 0 Å². The van der Waals surface area contributed by atoms with E-state index < -0.39 is 0 Å². The number of rotatable bonds is 0. The minimum absolute atomic E-state index is 0.773. The molecule has 0 radical (unpaired) electrons. The normalized spacial score (nSPS) is 42.0.